The Labute approximate surface area is 119 Å². The summed E-state index contributed by atoms with van der Waals surface area (Å²) in [6.45, 7) is 1.70. The molecular weight excluding hydrogens is 320 g/mol. The highest BCUT2D eigenvalue weighted by atomic mass is 79.9. The second-order valence-corrected chi connectivity index (χ2v) is 4.45. The number of rotatable bonds is 7. The lowest BCUT2D eigenvalue weighted by Crippen LogP contribution is -2.09. The van der Waals surface area contributed by atoms with E-state index in [1.54, 1.807) is 6.92 Å². The van der Waals surface area contributed by atoms with E-state index in [1.165, 1.54) is 20.3 Å². The molecule has 6 nitrogen and oxygen atoms in total. The number of carbonyl (C=O) groups is 1. The normalized spacial score (nSPS) is 10.3. The third kappa shape index (κ3) is 3.82. The standard InChI is InChI=1S/C12H15BrO6/c1-7-10(18-5-16-2)8(12(14)15)4-9(13)11(7)19-6-17-3/h4H,5-6H2,1-3H3,(H,14,15). The summed E-state index contributed by atoms with van der Waals surface area (Å²) in [6, 6.07) is 1.42. The van der Waals surface area contributed by atoms with Crippen LogP contribution in [0.15, 0.2) is 10.5 Å². The van der Waals surface area contributed by atoms with Crippen LogP contribution in [0.5, 0.6) is 11.5 Å². The molecule has 19 heavy (non-hydrogen) atoms. The minimum absolute atomic E-state index is 0.0335. The first kappa shape index (κ1) is 15.7. The molecule has 0 spiro atoms. The molecule has 0 saturated carbocycles. The van der Waals surface area contributed by atoms with Crippen molar-refractivity contribution in [2.24, 2.45) is 0 Å². The van der Waals surface area contributed by atoms with Crippen LogP contribution in [-0.2, 0) is 9.47 Å². The van der Waals surface area contributed by atoms with Gasteiger partial charge in [-0.2, -0.15) is 0 Å². The molecule has 0 amide bonds. The average molecular weight is 335 g/mol. The second-order valence-electron chi connectivity index (χ2n) is 3.60. The van der Waals surface area contributed by atoms with Crippen LogP contribution in [0.25, 0.3) is 0 Å². The van der Waals surface area contributed by atoms with Gasteiger partial charge in [0.25, 0.3) is 0 Å². The van der Waals surface area contributed by atoms with Crippen molar-refractivity contribution < 1.29 is 28.8 Å². The predicted octanol–water partition coefficient (Wildman–Crippen LogP) is 2.42. The lowest BCUT2D eigenvalue weighted by molar-refractivity contribution is 0.0432. The fourth-order valence-electron chi connectivity index (χ4n) is 1.50. The van der Waals surface area contributed by atoms with Gasteiger partial charge in [-0.15, -0.1) is 0 Å². The van der Waals surface area contributed by atoms with Gasteiger partial charge >= 0.3 is 5.97 Å². The lowest BCUT2D eigenvalue weighted by atomic mass is 10.1. The van der Waals surface area contributed by atoms with Crippen LogP contribution in [0.2, 0.25) is 0 Å². The van der Waals surface area contributed by atoms with E-state index in [1.807, 2.05) is 0 Å². The summed E-state index contributed by atoms with van der Waals surface area (Å²) in [7, 11) is 2.95. The zero-order valence-corrected chi connectivity index (χ0v) is 12.4. The predicted molar refractivity (Wildman–Crippen MR) is 70.8 cm³/mol. The van der Waals surface area contributed by atoms with Crippen LogP contribution in [0.1, 0.15) is 15.9 Å². The Morgan fingerprint density at radius 1 is 1.21 bits per heavy atom. The Bertz CT molecular complexity index is 460. The van der Waals surface area contributed by atoms with Crippen LogP contribution in [0.3, 0.4) is 0 Å². The summed E-state index contributed by atoms with van der Waals surface area (Å²) in [5, 5.41) is 9.17. The lowest BCUT2D eigenvalue weighted by Gasteiger charge is -2.16. The van der Waals surface area contributed by atoms with Crippen molar-refractivity contribution >= 4 is 21.9 Å². The number of benzene rings is 1. The highest BCUT2D eigenvalue weighted by molar-refractivity contribution is 9.10. The fraction of sp³-hybridized carbons (Fsp3) is 0.417. The van der Waals surface area contributed by atoms with Crippen LogP contribution in [0, 0.1) is 6.92 Å². The molecule has 1 aromatic rings. The van der Waals surface area contributed by atoms with E-state index >= 15 is 0 Å². The van der Waals surface area contributed by atoms with Gasteiger partial charge in [0.2, 0.25) is 0 Å². The van der Waals surface area contributed by atoms with E-state index in [2.05, 4.69) is 15.9 Å². The molecule has 0 radical (unpaired) electrons. The van der Waals surface area contributed by atoms with Gasteiger partial charge in [-0.05, 0) is 28.9 Å². The molecule has 0 unspecified atom stereocenters. The Morgan fingerprint density at radius 3 is 2.21 bits per heavy atom. The molecule has 0 fully saturated rings. The third-order valence-electron chi connectivity index (χ3n) is 2.29. The first-order valence-electron chi connectivity index (χ1n) is 5.32. The van der Waals surface area contributed by atoms with E-state index in [-0.39, 0.29) is 24.9 Å². The molecule has 106 valence electrons. The summed E-state index contributed by atoms with van der Waals surface area (Å²) in [5.74, 6) is -0.408. The van der Waals surface area contributed by atoms with Gasteiger partial charge in [-0.1, -0.05) is 0 Å². The minimum atomic E-state index is -1.09. The van der Waals surface area contributed by atoms with Gasteiger partial charge < -0.3 is 24.1 Å². The van der Waals surface area contributed by atoms with Crippen LogP contribution >= 0.6 is 15.9 Å². The van der Waals surface area contributed by atoms with Crippen LogP contribution in [-0.4, -0.2) is 38.9 Å². The quantitative estimate of drug-likeness (QED) is 0.772. The largest absolute Gasteiger partial charge is 0.478 e. The average Bonchev–Trinajstić information content (AvgIpc) is 2.37. The van der Waals surface area contributed by atoms with Crippen LogP contribution < -0.4 is 9.47 Å². The van der Waals surface area contributed by atoms with Gasteiger partial charge in [0.15, 0.2) is 13.6 Å². The number of ether oxygens (including phenoxy) is 4. The van der Waals surface area contributed by atoms with Crippen molar-refractivity contribution in [3.8, 4) is 11.5 Å². The van der Waals surface area contributed by atoms with Gasteiger partial charge in [0.1, 0.15) is 17.1 Å². The maximum Gasteiger partial charge on any atom is 0.339 e. The molecule has 7 heteroatoms. The van der Waals surface area contributed by atoms with E-state index in [0.29, 0.717) is 15.8 Å². The minimum Gasteiger partial charge on any atom is -0.478 e. The van der Waals surface area contributed by atoms with Crippen molar-refractivity contribution in [1.82, 2.24) is 0 Å². The molecule has 0 saturated heterocycles. The second kappa shape index (κ2) is 7.32. The van der Waals surface area contributed by atoms with E-state index < -0.39 is 5.97 Å². The van der Waals surface area contributed by atoms with Gasteiger partial charge in [0, 0.05) is 19.8 Å². The fourth-order valence-corrected chi connectivity index (χ4v) is 2.14. The molecular formula is C12H15BrO6. The van der Waals surface area contributed by atoms with Gasteiger partial charge in [0.05, 0.1) is 4.47 Å². The number of halogens is 1. The highest BCUT2D eigenvalue weighted by Gasteiger charge is 2.20. The first-order chi connectivity index (χ1) is 9.02. The summed E-state index contributed by atoms with van der Waals surface area (Å²) in [6.07, 6.45) is 0. The Morgan fingerprint density at radius 2 is 1.74 bits per heavy atom. The van der Waals surface area contributed by atoms with E-state index in [0.717, 1.165) is 0 Å². The molecule has 0 aromatic heterocycles. The molecule has 0 aliphatic carbocycles. The number of carboxylic acids is 1. The van der Waals surface area contributed by atoms with E-state index in [4.69, 9.17) is 18.9 Å². The number of hydrogen-bond donors (Lipinski definition) is 1. The Balaban J connectivity index is 3.25. The number of hydrogen-bond acceptors (Lipinski definition) is 5. The monoisotopic (exact) mass is 334 g/mol. The van der Waals surface area contributed by atoms with Crippen LogP contribution in [0.4, 0.5) is 0 Å². The zero-order chi connectivity index (χ0) is 14.4. The van der Waals surface area contributed by atoms with E-state index in [9.17, 15) is 9.90 Å². The van der Waals surface area contributed by atoms with Gasteiger partial charge in [-0.3, -0.25) is 0 Å². The zero-order valence-electron chi connectivity index (χ0n) is 10.9. The summed E-state index contributed by atoms with van der Waals surface area (Å²) in [5.41, 5.74) is 0.590. The third-order valence-corrected chi connectivity index (χ3v) is 2.88. The van der Waals surface area contributed by atoms with Crippen molar-refractivity contribution in [3.63, 3.8) is 0 Å². The number of methoxy groups -OCH3 is 2. The molecule has 1 rings (SSSR count). The highest BCUT2D eigenvalue weighted by Crippen LogP contribution is 2.38. The smallest absolute Gasteiger partial charge is 0.339 e. The molecule has 0 atom stereocenters. The Hall–Kier alpha value is -1.31. The molecule has 1 N–H and O–H groups in total. The topological polar surface area (TPSA) is 74.2 Å². The van der Waals surface area contributed by atoms with Crippen molar-refractivity contribution in [2.75, 3.05) is 27.8 Å². The molecule has 1 aromatic carbocycles. The maximum absolute atomic E-state index is 11.2. The number of carboxylic acid groups (broad SMARTS) is 1. The summed E-state index contributed by atoms with van der Waals surface area (Å²) < 4.78 is 20.8. The molecule has 0 aliphatic heterocycles. The number of aromatic carboxylic acids is 1. The maximum atomic E-state index is 11.2. The molecule has 0 aliphatic rings. The SMILES string of the molecule is COCOc1c(Br)cc(C(=O)O)c(OCOC)c1C. The summed E-state index contributed by atoms with van der Waals surface area (Å²) >= 11 is 3.27. The summed E-state index contributed by atoms with van der Waals surface area (Å²) in [4.78, 5) is 11.2. The molecule has 0 bridgehead atoms. The first-order valence-corrected chi connectivity index (χ1v) is 6.12. The van der Waals surface area contributed by atoms with Gasteiger partial charge in [-0.25, -0.2) is 4.79 Å². The van der Waals surface area contributed by atoms with Crippen molar-refractivity contribution in [3.05, 3.63) is 21.7 Å². The molecule has 0 heterocycles. The van der Waals surface area contributed by atoms with Crippen molar-refractivity contribution in [1.29, 1.82) is 0 Å². The Kier molecular flexibility index (Phi) is 6.07. The van der Waals surface area contributed by atoms with Crippen molar-refractivity contribution in [2.45, 2.75) is 6.92 Å².